The standard InChI is InChI=1S/C8H6O4.C8H4O3.C6H10O4.C6H14O2.C5H12O2/c9-7(10)5-2-1-3-6(4-5)8(11)12;9-7-5-3-1-2-4-6(5)8(10)11-7;7-5(8)3-1-2-4-6(9)10;7-5-3-1-2-4-6-8;1-5(2,3-6)4-7/h1-4H,(H,9,10)(H,11,12);1-4H;1-4H2,(H,7,8)(H,9,10);7-8H,1-6H2;6-7H,3-4H2,1-2H3. The third kappa shape index (κ3) is 22.7. The van der Waals surface area contributed by atoms with Gasteiger partial charge in [0.25, 0.3) is 0 Å². The number of aliphatic hydroxyl groups excluding tert-OH is 4. The number of rotatable bonds is 14. The largest absolute Gasteiger partial charge is 0.481 e. The summed E-state index contributed by atoms with van der Waals surface area (Å²) in [7, 11) is 0. The van der Waals surface area contributed by atoms with E-state index in [0.29, 0.717) is 24.0 Å². The van der Waals surface area contributed by atoms with Gasteiger partial charge in [0, 0.05) is 31.5 Å². The average molecular weight is 683 g/mol. The van der Waals surface area contributed by atoms with E-state index in [9.17, 15) is 28.8 Å². The van der Waals surface area contributed by atoms with Crippen LogP contribution in [0.1, 0.15) is 107 Å². The number of unbranched alkanes of at least 4 members (excludes halogenated alkanes) is 4. The molecule has 3 rings (SSSR count). The van der Waals surface area contributed by atoms with Crippen molar-refractivity contribution >= 4 is 35.8 Å². The summed E-state index contributed by atoms with van der Waals surface area (Å²) >= 11 is 0. The monoisotopic (exact) mass is 682 g/mol. The summed E-state index contributed by atoms with van der Waals surface area (Å²) in [6.07, 6.45) is 4.85. The summed E-state index contributed by atoms with van der Waals surface area (Å²) in [6.45, 7) is 4.25. The van der Waals surface area contributed by atoms with Gasteiger partial charge in [-0.3, -0.25) is 9.59 Å². The predicted molar refractivity (Wildman–Crippen MR) is 171 cm³/mol. The number of aromatic carboxylic acids is 2. The van der Waals surface area contributed by atoms with E-state index in [-0.39, 0.29) is 55.8 Å². The van der Waals surface area contributed by atoms with E-state index in [0.717, 1.165) is 31.7 Å². The van der Waals surface area contributed by atoms with Crippen molar-refractivity contribution in [3.63, 3.8) is 0 Å². The first kappa shape index (κ1) is 45.4. The van der Waals surface area contributed by atoms with Gasteiger partial charge in [-0.15, -0.1) is 0 Å². The van der Waals surface area contributed by atoms with Gasteiger partial charge in [-0.25, -0.2) is 19.2 Å². The number of ether oxygens (including phenoxy) is 1. The van der Waals surface area contributed by atoms with Crippen molar-refractivity contribution in [2.45, 2.75) is 65.2 Å². The highest BCUT2D eigenvalue weighted by Gasteiger charge is 2.28. The van der Waals surface area contributed by atoms with Crippen molar-refractivity contribution in [1.29, 1.82) is 0 Å². The Labute approximate surface area is 278 Å². The Balaban J connectivity index is 0. The number of benzene rings is 2. The minimum Gasteiger partial charge on any atom is -0.481 e. The molecule has 0 fully saturated rings. The molecule has 15 nitrogen and oxygen atoms in total. The molecule has 0 atom stereocenters. The van der Waals surface area contributed by atoms with Gasteiger partial charge in [0.2, 0.25) is 0 Å². The van der Waals surface area contributed by atoms with Crippen molar-refractivity contribution < 1.29 is 74.4 Å². The lowest BCUT2D eigenvalue weighted by Gasteiger charge is -2.16. The number of esters is 2. The average Bonchev–Trinajstić information content (AvgIpc) is 3.35. The molecule has 0 saturated heterocycles. The first-order valence-electron chi connectivity index (χ1n) is 14.9. The van der Waals surface area contributed by atoms with E-state index < -0.39 is 35.8 Å². The fraction of sp³-hybridized carbons (Fsp3) is 0.455. The number of aliphatic hydroxyl groups is 4. The molecule has 15 heteroatoms. The molecule has 0 aliphatic carbocycles. The van der Waals surface area contributed by atoms with Crippen molar-refractivity contribution in [1.82, 2.24) is 0 Å². The number of carbonyl (C=O) groups is 6. The Morgan fingerprint density at radius 2 is 0.958 bits per heavy atom. The van der Waals surface area contributed by atoms with Crippen LogP contribution >= 0.6 is 0 Å². The molecule has 0 amide bonds. The van der Waals surface area contributed by atoms with E-state index in [1.807, 2.05) is 0 Å². The van der Waals surface area contributed by atoms with Crippen molar-refractivity contribution in [2.24, 2.45) is 5.41 Å². The number of hydrogen-bond acceptors (Lipinski definition) is 11. The highest BCUT2D eigenvalue weighted by Crippen LogP contribution is 2.18. The number of cyclic esters (lactones) is 2. The minimum atomic E-state index is -1.13. The molecule has 0 bridgehead atoms. The first-order valence-corrected chi connectivity index (χ1v) is 14.9. The zero-order valence-corrected chi connectivity index (χ0v) is 27.0. The van der Waals surface area contributed by atoms with Crippen molar-refractivity contribution in [3.05, 3.63) is 70.8 Å². The molecule has 0 unspecified atom stereocenters. The van der Waals surface area contributed by atoms with Gasteiger partial charge in [-0.2, -0.15) is 0 Å². The number of hydrogen-bond donors (Lipinski definition) is 8. The van der Waals surface area contributed by atoms with Gasteiger partial charge >= 0.3 is 35.8 Å². The van der Waals surface area contributed by atoms with Crippen LogP contribution in [0.3, 0.4) is 0 Å². The van der Waals surface area contributed by atoms with Crippen LogP contribution < -0.4 is 0 Å². The number of carboxylic acids is 4. The molecular formula is C33H46O15. The van der Waals surface area contributed by atoms with Gasteiger partial charge < -0.3 is 45.6 Å². The highest BCUT2D eigenvalue weighted by molar-refractivity contribution is 6.14. The third-order valence-electron chi connectivity index (χ3n) is 5.86. The maximum absolute atomic E-state index is 10.8. The Bertz CT molecular complexity index is 1200. The smallest absolute Gasteiger partial charge is 0.346 e. The molecule has 0 spiro atoms. The van der Waals surface area contributed by atoms with Gasteiger partial charge in [-0.05, 0) is 56.0 Å². The zero-order valence-electron chi connectivity index (χ0n) is 27.0. The molecule has 8 N–H and O–H groups in total. The van der Waals surface area contributed by atoms with Gasteiger partial charge in [0.1, 0.15) is 0 Å². The molecule has 2 aromatic carbocycles. The molecular weight excluding hydrogens is 636 g/mol. The molecule has 268 valence electrons. The Hall–Kier alpha value is -4.70. The van der Waals surface area contributed by atoms with Crippen LogP contribution in [0.5, 0.6) is 0 Å². The number of carbonyl (C=O) groups excluding carboxylic acids is 2. The maximum Gasteiger partial charge on any atom is 0.346 e. The molecule has 48 heavy (non-hydrogen) atoms. The summed E-state index contributed by atoms with van der Waals surface area (Å²) in [5.41, 5.74) is 0.375. The Kier molecular flexibility index (Phi) is 25.0. The molecule has 2 aromatic rings. The second kappa shape index (κ2) is 26.4. The summed E-state index contributed by atoms with van der Waals surface area (Å²) in [5.74, 6) is -5.09. The third-order valence-corrected chi connectivity index (χ3v) is 5.86. The SMILES string of the molecule is CC(C)(CO)CO.O=C(O)CCCCC(=O)O.O=C(O)c1cccc(C(=O)O)c1.O=C1OC(=O)c2ccccc21.OCCCCCCO. The lowest BCUT2D eigenvalue weighted by Crippen LogP contribution is -2.20. The van der Waals surface area contributed by atoms with Gasteiger partial charge in [0.15, 0.2) is 0 Å². The van der Waals surface area contributed by atoms with Crippen molar-refractivity contribution in [2.75, 3.05) is 26.4 Å². The predicted octanol–water partition coefficient (Wildman–Crippen LogP) is 3.32. The highest BCUT2D eigenvalue weighted by atomic mass is 16.6. The van der Waals surface area contributed by atoms with Crippen LogP contribution in [-0.4, -0.2) is 103 Å². The van der Waals surface area contributed by atoms with Crippen LogP contribution in [0, 0.1) is 5.41 Å². The first-order chi connectivity index (χ1) is 22.6. The summed E-state index contributed by atoms with van der Waals surface area (Å²) in [4.78, 5) is 62.2. The van der Waals surface area contributed by atoms with Crippen LogP contribution in [0.2, 0.25) is 0 Å². The van der Waals surface area contributed by atoms with E-state index in [4.69, 9.17) is 40.9 Å². The fourth-order valence-electron chi connectivity index (χ4n) is 3.00. The molecule has 1 aliphatic heterocycles. The minimum absolute atomic E-state index is 0.0186. The second-order valence-electron chi connectivity index (χ2n) is 10.8. The second-order valence-corrected chi connectivity index (χ2v) is 10.8. The molecule has 1 aliphatic rings. The molecule has 0 saturated carbocycles. The topological polar surface area (TPSA) is 273 Å². The van der Waals surface area contributed by atoms with Crippen molar-refractivity contribution in [3.8, 4) is 0 Å². The fourth-order valence-corrected chi connectivity index (χ4v) is 3.00. The zero-order chi connectivity index (χ0) is 37.1. The summed E-state index contributed by atoms with van der Waals surface area (Å²) < 4.78 is 4.35. The van der Waals surface area contributed by atoms with Crippen LogP contribution in [0.25, 0.3) is 0 Å². The lowest BCUT2D eigenvalue weighted by molar-refractivity contribution is -0.139. The Morgan fingerprint density at radius 3 is 1.23 bits per heavy atom. The Morgan fingerprint density at radius 1 is 0.583 bits per heavy atom. The molecule has 0 aromatic heterocycles. The summed E-state index contributed by atoms with van der Waals surface area (Å²) in [5, 5.41) is 66.7. The lowest BCUT2D eigenvalue weighted by atomic mass is 9.97. The van der Waals surface area contributed by atoms with E-state index in [2.05, 4.69) is 4.74 Å². The molecule has 1 heterocycles. The number of carboxylic acid groups (broad SMARTS) is 4. The van der Waals surface area contributed by atoms with E-state index in [1.54, 1.807) is 38.1 Å². The number of aliphatic carboxylic acids is 2. The van der Waals surface area contributed by atoms with E-state index in [1.165, 1.54) is 18.2 Å². The van der Waals surface area contributed by atoms with E-state index >= 15 is 0 Å². The summed E-state index contributed by atoms with van der Waals surface area (Å²) in [6, 6.07) is 11.7. The van der Waals surface area contributed by atoms with Crippen LogP contribution in [-0.2, 0) is 14.3 Å². The quantitative estimate of drug-likeness (QED) is 0.0806. The maximum atomic E-state index is 10.8. The van der Waals surface area contributed by atoms with Gasteiger partial charge in [0.05, 0.1) is 35.5 Å². The normalized spacial score (nSPS) is 11.0. The van der Waals surface area contributed by atoms with Crippen LogP contribution in [0.4, 0.5) is 0 Å². The van der Waals surface area contributed by atoms with Crippen LogP contribution in [0.15, 0.2) is 48.5 Å². The molecule has 0 radical (unpaired) electrons. The van der Waals surface area contributed by atoms with Gasteiger partial charge in [-0.1, -0.05) is 44.9 Å². The number of fused-ring (bicyclic) bond motifs is 1.